The highest BCUT2D eigenvalue weighted by Gasteiger charge is 2.11. The minimum atomic E-state index is -0.105. The number of thiophene rings is 1. The number of hydrogen-bond donors (Lipinski definition) is 1. The maximum Gasteiger partial charge on any atom is 0.258 e. The van der Waals surface area contributed by atoms with E-state index in [0.717, 1.165) is 21.8 Å². The van der Waals surface area contributed by atoms with Gasteiger partial charge in [-0.1, -0.05) is 18.2 Å². The zero-order valence-electron chi connectivity index (χ0n) is 12.0. The summed E-state index contributed by atoms with van der Waals surface area (Å²) in [6.07, 6.45) is 0. The van der Waals surface area contributed by atoms with Crippen LogP contribution in [0.2, 0.25) is 0 Å². The second-order valence-corrected chi connectivity index (χ2v) is 5.84. The Morgan fingerprint density at radius 2 is 2.15 bits per heavy atom. The van der Waals surface area contributed by atoms with Crippen LogP contribution in [-0.2, 0) is 4.79 Å². The number of rotatable bonds is 5. The largest absolute Gasteiger partial charge is 0.483 e. The number of amides is 1. The Morgan fingerprint density at radius 3 is 2.85 bits per heavy atom. The van der Waals surface area contributed by atoms with Gasteiger partial charge >= 0.3 is 0 Å². The molecule has 0 aliphatic rings. The van der Waals surface area contributed by atoms with Crippen LogP contribution in [0.3, 0.4) is 0 Å². The summed E-state index contributed by atoms with van der Waals surface area (Å²) in [6.45, 7) is 5.99. The van der Waals surface area contributed by atoms with Crippen molar-refractivity contribution in [2.75, 3.05) is 6.61 Å². The summed E-state index contributed by atoms with van der Waals surface area (Å²) >= 11 is 1.64. The van der Waals surface area contributed by atoms with Crippen molar-refractivity contribution in [3.8, 4) is 5.75 Å². The summed E-state index contributed by atoms with van der Waals surface area (Å²) in [5.41, 5.74) is 2.16. The first-order chi connectivity index (χ1) is 9.56. The Bertz CT molecular complexity index is 578. The van der Waals surface area contributed by atoms with Gasteiger partial charge in [0, 0.05) is 4.88 Å². The Hall–Kier alpha value is -1.81. The van der Waals surface area contributed by atoms with Gasteiger partial charge in [0.2, 0.25) is 0 Å². The van der Waals surface area contributed by atoms with E-state index in [1.165, 1.54) is 0 Å². The number of carbonyl (C=O) groups excluding carboxylic acids is 1. The van der Waals surface area contributed by atoms with E-state index in [2.05, 4.69) is 5.32 Å². The van der Waals surface area contributed by atoms with E-state index in [0.29, 0.717) is 0 Å². The van der Waals surface area contributed by atoms with Crippen LogP contribution in [-0.4, -0.2) is 12.5 Å². The Labute approximate surface area is 123 Å². The summed E-state index contributed by atoms with van der Waals surface area (Å²) in [4.78, 5) is 13.0. The molecule has 0 bridgehead atoms. The van der Waals surface area contributed by atoms with Crippen LogP contribution in [0.15, 0.2) is 35.7 Å². The van der Waals surface area contributed by atoms with Gasteiger partial charge in [0.1, 0.15) is 5.75 Å². The highest BCUT2D eigenvalue weighted by Crippen LogP contribution is 2.20. The quantitative estimate of drug-likeness (QED) is 0.913. The topological polar surface area (TPSA) is 38.3 Å². The first-order valence-corrected chi connectivity index (χ1v) is 7.47. The number of ether oxygens (including phenoxy) is 1. The fourth-order valence-corrected chi connectivity index (χ4v) is 2.63. The molecular formula is C16H19NO2S. The van der Waals surface area contributed by atoms with E-state index in [-0.39, 0.29) is 18.6 Å². The molecule has 1 amide bonds. The molecule has 0 unspecified atom stereocenters. The number of hydrogen-bond acceptors (Lipinski definition) is 3. The Morgan fingerprint density at radius 1 is 1.35 bits per heavy atom. The first kappa shape index (κ1) is 14.6. The van der Waals surface area contributed by atoms with E-state index >= 15 is 0 Å². The van der Waals surface area contributed by atoms with E-state index < -0.39 is 0 Å². The molecule has 2 aromatic rings. The van der Waals surface area contributed by atoms with Crippen molar-refractivity contribution in [1.29, 1.82) is 0 Å². The van der Waals surface area contributed by atoms with E-state index in [1.807, 2.05) is 56.5 Å². The van der Waals surface area contributed by atoms with Gasteiger partial charge in [-0.2, -0.15) is 0 Å². The number of nitrogens with one attached hydrogen (secondary N) is 1. The predicted octanol–water partition coefficient (Wildman–Crippen LogP) is 3.62. The van der Waals surface area contributed by atoms with Gasteiger partial charge in [-0.3, -0.25) is 4.79 Å². The molecule has 0 aliphatic heterocycles. The number of carbonyl (C=O) groups is 1. The van der Waals surface area contributed by atoms with Crippen LogP contribution in [0.25, 0.3) is 0 Å². The van der Waals surface area contributed by atoms with Gasteiger partial charge in [-0.15, -0.1) is 11.3 Å². The maximum atomic E-state index is 11.9. The van der Waals surface area contributed by atoms with Gasteiger partial charge in [-0.25, -0.2) is 0 Å². The zero-order valence-corrected chi connectivity index (χ0v) is 12.8. The van der Waals surface area contributed by atoms with Crippen LogP contribution in [0.4, 0.5) is 0 Å². The molecule has 20 heavy (non-hydrogen) atoms. The van der Waals surface area contributed by atoms with Gasteiger partial charge in [0.15, 0.2) is 6.61 Å². The fraction of sp³-hybridized carbons (Fsp3) is 0.312. The highest BCUT2D eigenvalue weighted by molar-refractivity contribution is 7.10. The molecule has 106 valence electrons. The molecule has 0 saturated heterocycles. The summed E-state index contributed by atoms with van der Waals surface area (Å²) < 4.78 is 5.59. The van der Waals surface area contributed by atoms with Crippen molar-refractivity contribution in [2.24, 2.45) is 0 Å². The van der Waals surface area contributed by atoms with Gasteiger partial charge in [0.05, 0.1) is 6.04 Å². The molecule has 1 atom stereocenters. The molecular weight excluding hydrogens is 270 g/mol. The number of benzene rings is 1. The smallest absolute Gasteiger partial charge is 0.258 e. The van der Waals surface area contributed by atoms with Gasteiger partial charge < -0.3 is 10.1 Å². The molecule has 3 nitrogen and oxygen atoms in total. The van der Waals surface area contributed by atoms with Crippen molar-refractivity contribution in [3.05, 3.63) is 51.7 Å². The lowest BCUT2D eigenvalue weighted by Gasteiger charge is -2.14. The van der Waals surface area contributed by atoms with E-state index in [4.69, 9.17) is 4.74 Å². The summed E-state index contributed by atoms with van der Waals surface area (Å²) in [5, 5.41) is 4.94. The molecule has 1 aromatic carbocycles. The molecule has 1 heterocycles. The second kappa shape index (κ2) is 6.57. The molecule has 0 spiro atoms. The minimum absolute atomic E-state index is 0.0182. The molecule has 0 radical (unpaired) electrons. The lowest BCUT2D eigenvalue weighted by Crippen LogP contribution is -2.31. The average molecular weight is 289 g/mol. The van der Waals surface area contributed by atoms with Crippen LogP contribution < -0.4 is 10.1 Å². The van der Waals surface area contributed by atoms with Gasteiger partial charge in [-0.05, 0) is 49.4 Å². The third-order valence-electron chi connectivity index (χ3n) is 3.05. The fourth-order valence-electron chi connectivity index (χ4n) is 1.90. The second-order valence-electron chi connectivity index (χ2n) is 4.86. The Balaban J connectivity index is 1.87. The SMILES string of the molecule is Cc1ccc(C)c(OCC(=O)N[C@H](C)c2cccs2)c1. The van der Waals surface area contributed by atoms with Gasteiger partial charge in [0.25, 0.3) is 5.91 Å². The normalized spacial score (nSPS) is 11.9. The third-order valence-corrected chi connectivity index (χ3v) is 4.10. The molecule has 1 N–H and O–H groups in total. The summed E-state index contributed by atoms with van der Waals surface area (Å²) in [7, 11) is 0. The van der Waals surface area contributed by atoms with Crippen molar-refractivity contribution < 1.29 is 9.53 Å². The van der Waals surface area contributed by atoms with Crippen LogP contribution in [0, 0.1) is 13.8 Å². The van der Waals surface area contributed by atoms with Crippen molar-refractivity contribution in [1.82, 2.24) is 5.32 Å². The first-order valence-electron chi connectivity index (χ1n) is 6.59. The Kier molecular flexibility index (Phi) is 4.79. The van der Waals surface area contributed by atoms with Crippen LogP contribution in [0.1, 0.15) is 29.0 Å². The molecule has 0 aliphatic carbocycles. The van der Waals surface area contributed by atoms with Crippen LogP contribution >= 0.6 is 11.3 Å². The monoisotopic (exact) mass is 289 g/mol. The van der Waals surface area contributed by atoms with Crippen molar-refractivity contribution >= 4 is 17.2 Å². The molecule has 2 rings (SSSR count). The van der Waals surface area contributed by atoms with Crippen LogP contribution in [0.5, 0.6) is 5.75 Å². The predicted molar refractivity (Wildman–Crippen MR) is 82.3 cm³/mol. The standard InChI is InChI=1S/C16H19NO2S/c1-11-6-7-12(2)14(9-11)19-10-16(18)17-13(3)15-5-4-8-20-15/h4-9,13H,10H2,1-3H3,(H,17,18)/t13-/m1/s1. The minimum Gasteiger partial charge on any atom is -0.483 e. The molecule has 0 saturated carbocycles. The zero-order chi connectivity index (χ0) is 14.5. The van der Waals surface area contributed by atoms with E-state index in [1.54, 1.807) is 11.3 Å². The number of aryl methyl sites for hydroxylation is 2. The summed E-state index contributed by atoms with van der Waals surface area (Å²) in [5.74, 6) is 0.663. The average Bonchev–Trinajstić information content (AvgIpc) is 2.94. The molecule has 0 fully saturated rings. The lowest BCUT2D eigenvalue weighted by molar-refractivity contribution is -0.123. The maximum absolute atomic E-state index is 11.9. The third kappa shape index (κ3) is 3.84. The molecule has 1 aromatic heterocycles. The summed E-state index contributed by atoms with van der Waals surface area (Å²) in [6, 6.07) is 9.99. The molecule has 4 heteroatoms. The highest BCUT2D eigenvalue weighted by atomic mass is 32.1. The lowest BCUT2D eigenvalue weighted by atomic mass is 10.1. The van der Waals surface area contributed by atoms with Crippen molar-refractivity contribution in [3.63, 3.8) is 0 Å². The van der Waals surface area contributed by atoms with Crippen molar-refractivity contribution in [2.45, 2.75) is 26.8 Å². The van der Waals surface area contributed by atoms with E-state index in [9.17, 15) is 4.79 Å².